The molecule has 0 spiro atoms. The first kappa shape index (κ1) is 17.1. The largest absolute Gasteiger partial charge is 0.0991 e. The van der Waals surface area contributed by atoms with E-state index in [1.165, 1.54) is 33.1 Å². The van der Waals surface area contributed by atoms with E-state index in [-0.39, 0.29) is 0 Å². The van der Waals surface area contributed by atoms with Gasteiger partial charge in [-0.1, -0.05) is 101 Å². The molecule has 128 valence electrons. The molecule has 0 aromatic heterocycles. The van der Waals surface area contributed by atoms with E-state index in [4.69, 9.17) is 0 Å². The summed E-state index contributed by atoms with van der Waals surface area (Å²) in [5, 5.41) is 2.59. The lowest BCUT2D eigenvalue weighted by atomic mass is 9.71. The lowest BCUT2D eigenvalue weighted by molar-refractivity contribution is 0.663. The van der Waals surface area contributed by atoms with Crippen molar-refractivity contribution in [3.05, 3.63) is 118 Å². The fourth-order valence-electron chi connectivity index (χ4n) is 4.08. The lowest BCUT2D eigenvalue weighted by Crippen LogP contribution is -2.18. The van der Waals surface area contributed by atoms with Crippen molar-refractivity contribution in [3.8, 4) is 0 Å². The quantitative estimate of drug-likeness (QED) is 0.469. The first-order valence-electron chi connectivity index (χ1n) is 8.95. The van der Waals surface area contributed by atoms with Gasteiger partial charge in [-0.25, -0.2) is 0 Å². The molecule has 4 rings (SSSR count). The van der Waals surface area contributed by atoms with Gasteiger partial charge in [-0.15, -0.1) is 0 Å². The average molecular weight is 401 g/mol. The maximum Gasteiger partial charge on any atom is 0.0253 e. The molecule has 2 aromatic carbocycles. The molecule has 0 heterocycles. The average Bonchev–Trinajstić information content (AvgIpc) is 2.68. The van der Waals surface area contributed by atoms with Gasteiger partial charge >= 0.3 is 0 Å². The predicted octanol–water partition coefficient (Wildman–Crippen LogP) is 7.43. The molecule has 2 aliphatic carbocycles. The van der Waals surface area contributed by atoms with Crippen molar-refractivity contribution in [2.45, 2.75) is 12.8 Å². The Kier molecular flexibility index (Phi) is 4.65. The van der Waals surface area contributed by atoms with Gasteiger partial charge in [0.1, 0.15) is 0 Å². The van der Waals surface area contributed by atoms with E-state index in [1.807, 2.05) is 12.2 Å². The van der Waals surface area contributed by atoms with Crippen LogP contribution in [-0.4, -0.2) is 0 Å². The smallest absolute Gasteiger partial charge is 0.0253 e. The van der Waals surface area contributed by atoms with Crippen LogP contribution in [0.4, 0.5) is 0 Å². The Morgan fingerprint density at radius 2 is 1.81 bits per heavy atom. The third kappa shape index (κ3) is 2.87. The van der Waals surface area contributed by atoms with Crippen LogP contribution < -0.4 is 0 Å². The van der Waals surface area contributed by atoms with Crippen LogP contribution in [0.5, 0.6) is 0 Å². The van der Waals surface area contributed by atoms with Crippen molar-refractivity contribution in [1.82, 2.24) is 0 Å². The topological polar surface area (TPSA) is 0 Å². The fourth-order valence-corrected chi connectivity index (χ4v) is 4.56. The summed E-state index contributed by atoms with van der Waals surface area (Å²) in [5.41, 5.74) is 5.42. The predicted molar refractivity (Wildman–Crippen MR) is 116 cm³/mol. The maximum absolute atomic E-state index is 3.81. The summed E-state index contributed by atoms with van der Waals surface area (Å²) in [4.78, 5) is 0. The van der Waals surface area contributed by atoms with Crippen molar-refractivity contribution in [2.75, 3.05) is 0 Å². The van der Waals surface area contributed by atoms with Gasteiger partial charge < -0.3 is 0 Å². The molecule has 0 saturated carbocycles. The van der Waals surface area contributed by atoms with Gasteiger partial charge in [0.15, 0.2) is 0 Å². The number of fused-ring (bicyclic) bond motifs is 2. The summed E-state index contributed by atoms with van der Waals surface area (Å²) < 4.78 is 1.15. The van der Waals surface area contributed by atoms with Crippen LogP contribution in [0, 0.1) is 5.92 Å². The molecule has 0 bridgehead atoms. The minimum Gasteiger partial charge on any atom is -0.0991 e. The van der Waals surface area contributed by atoms with Gasteiger partial charge in [0.05, 0.1) is 0 Å². The number of benzene rings is 2. The highest BCUT2D eigenvalue weighted by Gasteiger charge is 2.30. The van der Waals surface area contributed by atoms with Crippen LogP contribution in [0.1, 0.15) is 18.4 Å². The molecule has 26 heavy (non-hydrogen) atoms. The lowest BCUT2D eigenvalue weighted by Gasteiger charge is -2.33. The third-order valence-electron chi connectivity index (χ3n) is 5.28. The second-order valence-electron chi connectivity index (χ2n) is 6.79. The van der Waals surface area contributed by atoms with Crippen molar-refractivity contribution in [1.29, 1.82) is 0 Å². The fraction of sp³-hybridized carbons (Fsp3) is 0.120. The first-order chi connectivity index (χ1) is 12.7. The van der Waals surface area contributed by atoms with Crippen molar-refractivity contribution in [3.63, 3.8) is 0 Å². The Labute approximate surface area is 163 Å². The van der Waals surface area contributed by atoms with Gasteiger partial charge in [-0.2, -0.15) is 0 Å². The zero-order chi connectivity index (χ0) is 18.1. The Balaban J connectivity index is 1.90. The number of rotatable bonds is 3. The second-order valence-corrected chi connectivity index (χ2v) is 7.65. The second kappa shape index (κ2) is 7.09. The molecule has 0 aliphatic heterocycles. The minimum absolute atomic E-state index is 0.338. The number of hydrogen-bond donors (Lipinski definition) is 0. The molecule has 2 unspecified atom stereocenters. The molecule has 0 amide bonds. The van der Waals surface area contributed by atoms with E-state index < -0.39 is 0 Å². The molecule has 0 nitrogen and oxygen atoms in total. The van der Waals surface area contributed by atoms with E-state index in [2.05, 4.69) is 102 Å². The van der Waals surface area contributed by atoms with Crippen LogP contribution in [0.25, 0.3) is 10.8 Å². The Morgan fingerprint density at radius 1 is 1.00 bits per heavy atom. The van der Waals surface area contributed by atoms with Gasteiger partial charge in [0.2, 0.25) is 0 Å². The van der Waals surface area contributed by atoms with Crippen molar-refractivity contribution in [2.24, 2.45) is 5.92 Å². The van der Waals surface area contributed by atoms with Crippen LogP contribution in [0.3, 0.4) is 0 Å². The first-order valence-corrected chi connectivity index (χ1v) is 9.74. The van der Waals surface area contributed by atoms with Crippen molar-refractivity contribution >= 4 is 26.7 Å². The molecule has 0 radical (unpaired) electrons. The van der Waals surface area contributed by atoms with Crippen LogP contribution in [-0.2, 0) is 0 Å². The molecule has 1 heteroatoms. The van der Waals surface area contributed by atoms with E-state index in [0.29, 0.717) is 11.8 Å². The van der Waals surface area contributed by atoms with Gasteiger partial charge in [0, 0.05) is 16.3 Å². The molecular formula is C25H21Br. The van der Waals surface area contributed by atoms with Gasteiger partial charge in [0.25, 0.3) is 0 Å². The number of hydrogen-bond acceptors (Lipinski definition) is 0. The van der Waals surface area contributed by atoms with Crippen LogP contribution in [0.15, 0.2) is 113 Å². The van der Waals surface area contributed by atoms with Crippen LogP contribution in [0.2, 0.25) is 0 Å². The summed E-state index contributed by atoms with van der Waals surface area (Å²) in [6, 6.07) is 13.1. The Hall–Kier alpha value is -2.38. The maximum atomic E-state index is 3.81. The zero-order valence-corrected chi connectivity index (χ0v) is 16.4. The molecule has 2 aliphatic rings. The Morgan fingerprint density at radius 3 is 2.62 bits per heavy atom. The normalized spacial score (nSPS) is 22.0. The highest BCUT2D eigenvalue weighted by Crippen LogP contribution is 2.45. The van der Waals surface area contributed by atoms with E-state index in [9.17, 15) is 0 Å². The monoisotopic (exact) mass is 400 g/mol. The van der Waals surface area contributed by atoms with Gasteiger partial charge in [-0.05, 0) is 46.0 Å². The molecule has 2 atom stereocenters. The minimum atomic E-state index is 0.338. The summed E-state index contributed by atoms with van der Waals surface area (Å²) in [5.74, 6) is 0.697. The van der Waals surface area contributed by atoms with Crippen molar-refractivity contribution < 1.29 is 0 Å². The van der Waals surface area contributed by atoms with E-state index in [1.54, 1.807) is 0 Å². The molecule has 0 saturated heterocycles. The third-order valence-corrected chi connectivity index (χ3v) is 5.97. The summed E-state index contributed by atoms with van der Waals surface area (Å²) in [7, 11) is 0. The number of allylic oxidation sites excluding steroid dienone is 11. The number of halogens is 1. The Bertz CT molecular complexity index is 1030. The highest BCUT2D eigenvalue weighted by atomic mass is 79.9. The summed E-state index contributed by atoms with van der Waals surface area (Å²) in [6.07, 6.45) is 17.4. The van der Waals surface area contributed by atoms with E-state index >= 15 is 0 Å². The van der Waals surface area contributed by atoms with Crippen LogP contribution >= 0.6 is 15.9 Å². The molecule has 0 fully saturated rings. The molecule has 0 N–H and O–H groups in total. The molecule has 2 aromatic rings. The zero-order valence-electron chi connectivity index (χ0n) is 14.8. The summed E-state index contributed by atoms with van der Waals surface area (Å²) >= 11 is 3.71. The highest BCUT2D eigenvalue weighted by molar-refractivity contribution is 9.10. The van der Waals surface area contributed by atoms with Gasteiger partial charge in [-0.3, -0.25) is 0 Å². The standard InChI is InChI=1S/C25H21Br/c1-3-4-9-18-17(2)16-24(21-12-6-5-10-19(18)21)22-14-15-25(26)23-13-8-7-11-20(22)23/h3-16,21,24H,1H2,2H3/b9-4-. The SMILES string of the molecule is C=C/C=C\C1=C2C=CC=CC2C(c2ccc(Br)c3ccccc23)C=C1C. The summed E-state index contributed by atoms with van der Waals surface area (Å²) in [6.45, 7) is 6.03. The van der Waals surface area contributed by atoms with E-state index in [0.717, 1.165) is 4.47 Å². The molecular weight excluding hydrogens is 380 g/mol.